The average Bonchev–Trinajstić information content (AvgIpc) is 3.23. The zero-order chi connectivity index (χ0) is 12.6. The lowest BCUT2D eigenvalue weighted by atomic mass is 9.73. The molecule has 1 N–H and O–H groups in total. The van der Waals surface area contributed by atoms with Gasteiger partial charge in [-0.25, -0.2) is 0 Å². The summed E-state index contributed by atoms with van der Waals surface area (Å²) in [6.45, 7) is 0. The number of methoxy groups -OCH3 is 1. The molecule has 0 saturated heterocycles. The third-order valence-corrected chi connectivity index (χ3v) is 4.68. The molecule has 1 aromatic rings. The Balaban J connectivity index is 1.78. The Bertz CT molecular complexity index is 408. The molecule has 2 saturated carbocycles. The predicted octanol–water partition coefficient (Wildman–Crippen LogP) is 3.48. The fourth-order valence-corrected chi connectivity index (χ4v) is 3.43. The molecule has 1 aromatic carbocycles. The molecule has 0 spiro atoms. The van der Waals surface area contributed by atoms with Crippen molar-refractivity contribution in [3.05, 3.63) is 29.8 Å². The van der Waals surface area contributed by atoms with Gasteiger partial charge in [-0.1, -0.05) is 12.1 Å². The first-order valence-electron chi connectivity index (χ1n) is 7.08. The van der Waals surface area contributed by atoms with Crippen molar-refractivity contribution in [1.29, 1.82) is 0 Å². The van der Waals surface area contributed by atoms with Crippen LogP contribution < -0.4 is 4.74 Å². The highest BCUT2D eigenvalue weighted by Gasteiger charge is 2.41. The molecule has 0 radical (unpaired) electrons. The maximum Gasteiger partial charge on any atom is 0.118 e. The zero-order valence-corrected chi connectivity index (χ0v) is 11.1. The zero-order valence-electron chi connectivity index (χ0n) is 11.1. The van der Waals surface area contributed by atoms with Crippen LogP contribution in [-0.4, -0.2) is 12.2 Å². The first kappa shape index (κ1) is 12.0. The van der Waals surface area contributed by atoms with Crippen LogP contribution in [0.5, 0.6) is 5.75 Å². The van der Waals surface area contributed by atoms with Crippen LogP contribution in [0.1, 0.15) is 44.1 Å². The predicted molar refractivity (Wildman–Crippen MR) is 71.6 cm³/mol. The lowest BCUT2D eigenvalue weighted by Gasteiger charge is -2.37. The van der Waals surface area contributed by atoms with E-state index in [4.69, 9.17) is 4.74 Å². The van der Waals surface area contributed by atoms with Gasteiger partial charge in [-0.3, -0.25) is 0 Å². The van der Waals surface area contributed by atoms with E-state index in [0.29, 0.717) is 0 Å². The highest BCUT2D eigenvalue weighted by Crippen LogP contribution is 2.49. The van der Waals surface area contributed by atoms with Crippen LogP contribution in [-0.2, 0) is 5.60 Å². The van der Waals surface area contributed by atoms with E-state index in [-0.39, 0.29) is 0 Å². The maximum absolute atomic E-state index is 10.9. The Labute approximate surface area is 109 Å². The highest BCUT2D eigenvalue weighted by molar-refractivity contribution is 5.31. The van der Waals surface area contributed by atoms with Crippen molar-refractivity contribution in [2.45, 2.75) is 44.1 Å². The van der Waals surface area contributed by atoms with Gasteiger partial charge in [-0.05, 0) is 68.1 Å². The van der Waals surface area contributed by atoms with Crippen LogP contribution in [0.4, 0.5) is 0 Å². The lowest BCUT2D eigenvalue weighted by Crippen LogP contribution is -2.33. The molecule has 0 aromatic heterocycles. The molecule has 2 unspecified atom stereocenters. The van der Waals surface area contributed by atoms with Gasteiger partial charge < -0.3 is 9.84 Å². The molecule has 2 aliphatic carbocycles. The van der Waals surface area contributed by atoms with Crippen molar-refractivity contribution in [1.82, 2.24) is 0 Å². The van der Waals surface area contributed by atoms with E-state index in [9.17, 15) is 5.11 Å². The van der Waals surface area contributed by atoms with Crippen LogP contribution in [0.3, 0.4) is 0 Å². The van der Waals surface area contributed by atoms with Crippen molar-refractivity contribution in [2.24, 2.45) is 11.8 Å². The summed E-state index contributed by atoms with van der Waals surface area (Å²) in [7, 11) is 1.67. The van der Waals surface area contributed by atoms with Crippen molar-refractivity contribution in [2.75, 3.05) is 7.11 Å². The first-order valence-corrected chi connectivity index (χ1v) is 7.08. The van der Waals surface area contributed by atoms with E-state index in [1.54, 1.807) is 7.11 Å². The van der Waals surface area contributed by atoms with Gasteiger partial charge in [-0.15, -0.1) is 0 Å². The molecule has 2 fully saturated rings. The Morgan fingerprint density at radius 3 is 2.44 bits per heavy atom. The fraction of sp³-hybridized carbons (Fsp3) is 0.625. The Morgan fingerprint density at radius 2 is 1.83 bits per heavy atom. The second-order valence-corrected chi connectivity index (χ2v) is 5.95. The standard InChI is InChI=1S/C16H22O2/c1-18-15-8-6-14(7-9-15)16(17)10-2-3-13(11-16)12-4-5-12/h6-9,12-13,17H,2-5,10-11H2,1H3. The van der Waals surface area contributed by atoms with E-state index >= 15 is 0 Å². The lowest BCUT2D eigenvalue weighted by molar-refractivity contribution is -0.0251. The molecule has 2 atom stereocenters. The van der Waals surface area contributed by atoms with Crippen LogP contribution >= 0.6 is 0 Å². The number of aliphatic hydroxyl groups is 1. The third-order valence-electron chi connectivity index (χ3n) is 4.68. The minimum absolute atomic E-state index is 0.599. The number of ether oxygens (including phenoxy) is 1. The van der Waals surface area contributed by atoms with Crippen molar-refractivity contribution >= 4 is 0 Å². The Morgan fingerprint density at radius 1 is 1.11 bits per heavy atom. The fourth-order valence-electron chi connectivity index (χ4n) is 3.43. The number of hydrogen-bond donors (Lipinski definition) is 1. The highest BCUT2D eigenvalue weighted by atomic mass is 16.5. The first-order chi connectivity index (χ1) is 8.71. The van der Waals surface area contributed by atoms with E-state index in [1.807, 2.05) is 24.3 Å². The second-order valence-electron chi connectivity index (χ2n) is 5.95. The summed E-state index contributed by atoms with van der Waals surface area (Å²) in [5, 5.41) is 10.9. The van der Waals surface area contributed by atoms with Gasteiger partial charge in [0.15, 0.2) is 0 Å². The van der Waals surface area contributed by atoms with Crippen LogP contribution in [0.2, 0.25) is 0 Å². The average molecular weight is 246 g/mol. The monoisotopic (exact) mass is 246 g/mol. The molecule has 98 valence electrons. The van der Waals surface area contributed by atoms with Crippen LogP contribution in [0.25, 0.3) is 0 Å². The molecule has 3 rings (SSSR count). The Hall–Kier alpha value is -1.02. The molecule has 0 heterocycles. The summed E-state index contributed by atoms with van der Waals surface area (Å²) < 4.78 is 5.18. The van der Waals surface area contributed by atoms with E-state index in [1.165, 1.54) is 19.3 Å². The summed E-state index contributed by atoms with van der Waals surface area (Å²) in [6, 6.07) is 7.95. The molecule has 0 aliphatic heterocycles. The molecule has 2 heteroatoms. The molecule has 0 bridgehead atoms. The van der Waals surface area contributed by atoms with Crippen molar-refractivity contribution in [3.8, 4) is 5.75 Å². The molecular formula is C16H22O2. The topological polar surface area (TPSA) is 29.5 Å². The van der Waals surface area contributed by atoms with Gasteiger partial charge in [-0.2, -0.15) is 0 Å². The van der Waals surface area contributed by atoms with Gasteiger partial charge in [0.2, 0.25) is 0 Å². The smallest absolute Gasteiger partial charge is 0.118 e. The molecule has 2 aliphatic rings. The number of benzene rings is 1. The summed E-state index contributed by atoms with van der Waals surface area (Å²) in [5.41, 5.74) is 0.464. The molecule has 0 amide bonds. The summed E-state index contributed by atoms with van der Waals surface area (Å²) in [6.07, 6.45) is 7.08. The Kier molecular flexibility index (Phi) is 3.06. The minimum Gasteiger partial charge on any atom is -0.497 e. The molecule has 2 nitrogen and oxygen atoms in total. The van der Waals surface area contributed by atoms with E-state index in [0.717, 1.165) is 42.4 Å². The SMILES string of the molecule is COc1ccc(C2(O)CCCC(C3CC3)C2)cc1. The van der Waals surface area contributed by atoms with E-state index in [2.05, 4.69) is 0 Å². The molecular weight excluding hydrogens is 224 g/mol. The minimum atomic E-state index is -0.599. The van der Waals surface area contributed by atoms with E-state index < -0.39 is 5.60 Å². The van der Waals surface area contributed by atoms with Crippen LogP contribution in [0, 0.1) is 11.8 Å². The third kappa shape index (κ3) is 2.26. The summed E-state index contributed by atoms with van der Waals surface area (Å²) in [4.78, 5) is 0. The van der Waals surface area contributed by atoms with Gasteiger partial charge in [0.25, 0.3) is 0 Å². The van der Waals surface area contributed by atoms with Crippen LogP contribution in [0.15, 0.2) is 24.3 Å². The quantitative estimate of drug-likeness (QED) is 0.884. The van der Waals surface area contributed by atoms with Crippen molar-refractivity contribution in [3.63, 3.8) is 0 Å². The normalized spacial score (nSPS) is 32.2. The maximum atomic E-state index is 10.9. The summed E-state index contributed by atoms with van der Waals surface area (Å²) in [5.74, 6) is 2.50. The number of rotatable bonds is 3. The second kappa shape index (κ2) is 4.58. The van der Waals surface area contributed by atoms with Gasteiger partial charge in [0.1, 0.15) is 5.75 Å². The van der Waals surface area contributed by atoms with Gasteiger partial charge >= 0.3 is 0 Å². The largest absolute Gasteiger partial charge is 0.497 e. The van der Waals surface area contributed by atoms with Gasteiger partial charge in [0, 0.05) is 0 Å². The summed E-state index contributed by atoms with van der Waals surface area (Å²) >= 11 is 0. The van der Waals surface area contributed by atoms with Gasteiger partial charge in [0.05, 0.1) is 12.7 Å². The van der Waals surface area contributed by atoms with Crippen molar-refractivity contribution < 1.29 is 9.84 Å². The number of hydrogen-bond acceptors (Lipinski definition) is 2. The molecule has 18 heavy (non-hydrogen) atoms.